The third-order valence-electron chi connectivity index (χ3n) is 2.33. The fourth-order valence-corrected chi connectivity index (χ4v) is 1.54. The number of aryl methyl sites for hydroxylation is 1. The van der Waals surface area contributed by atoms with E-state index < -0.39 is 0 Å². The summed E-state index contributed by atoms with van der Waals surface area (Å²) in [5.74, 6) is 5.55. The van der Waals surface area contributed by atoms with Crippen molar-refractivity contribution in [3.05, 3.63) is 48.3 Å². The lowest BCUT2D eigenvalue weighted by atomic mass is 10.1. The highest BCUT2D eigenvalue weighted by molar-refractivity contribution is 5.23. The van der Waals surface area contributed by atoms with Gasteiger partial charge in [-0.3, -0.25) is 10.8 Å². The molecule has 15 heavy (non-hydrogen) atoms. The summed E-state index contributed by atoms with van der Waals surface area (Å²) in [6.07, 6.45) is 7.06. The fourth-order valence-electron chi connectivity index (χ4n) is 1.54. The molecule has 0 radical (unpaired) electrons. The van der Waals surface area contributed by atoms with Crippen LogP contribution in [0.15, 0.2) is 37.1 Å². The van der Waals surface area contributed by atoms with Crippen molar-refractivity contribution in [3.8, 4) is 0 Å². The maximum Gasteiger partial charge on any atom is 0.0946 e. The fraction of sp³-hybridized carbons (Fsp3) is 0.200. The average molecular weight is 203 g/mol. The minimum atomic E-state index is -0.0776. The highest BCUT2D eigenvalue weighted by Crippen LogP contribution is 2.18. The van der Waals surface area contributed by atoms with E-state index in [-0.39, 0.29) is 6.04 Å². The molecular formula is C10H13N5. The van der Waals surface area contributed by atoms with E-state index in [0.717, 1.165) is 11.3 Å². The van der Waals surface area contributed by atoms with Crippen LogP contribution in [0.3, 0.4) is 0 Å². The summed E-state index contributed by atoms with van der Waals surface area (Å²) >= 11 is 0. The molecule has 5 heteroatoms. The second kappa shape index (κ2) is 4.20. The SMILES string of the molecule is Cn1cncc1C(NN)c1cccnc1. The van der Waals surface area contributed by atoms with E-state index in [1.54, 1.807) is 24.9 Å². The smallest absolute Gasteiger partial charge is 0.0946 e. The molecule has 2 aromatic rings. The van der Waals surface area contributed by atoms with Crippen molar-refractivity contribution in [2.24, 2.45) is 12.9 Å². The van der Waals surface area contributed by atoms with Gasteiger partial charge in [-0.05, 0) is 11.6 Å². The molecule has 0 aliphatic carbocycles. The number of nitrogens with one attached hydrogen (secondary N) is 1. The summed E-state index contributed by atoms with van der Waals surface area (Å²) < 4.78 is 1.93. The van der Waals surface area contributed by atoms with Crippen LogP contribution in [0, 0.1) is 0 Å². The predicted octanol–water partition coefficient (Wildman–Crippen LogP) is 0.368. The number of hydrazine groups is 1. The second-order valence-corrected chi connectivity index (χ2v) is 3.32. The summed E-state index contributed by atoms with van der Waals surface area (Å²) in [5.41, 5.74) is 4.78. The van der Waals surface area contributed by atoms with E-state index in [1.807, 2.05) is 23.7 Å². The van der Waals surface area contributed by atoms with Gasteiger partial charge in [-0.1, -0.05) is 6.07 Å². The zero-order valence-corrected chi connectivity index (χ0v) is 8.46. The second-order valence-electron chi connectivity index (χ2n) is 3.32. The van der Waals surface area contributed by atoms with Crippen LogP contribution >= 0.6 is 0 Å². The van der Waals surface area contributed by atoms with Crippen molar-refractivity contribution in [1.82, 2.24) is 20.0 Å². The van der Waals surface area contributed by atoms with E-state index in [4.69, 9.17) is 5.84 Å². The molecule has 0 amide bonds. The van der Waals surface area contributed by atoms with Crippen molar-refractivity contribution in [1.29, 1.82) is 0 Å². The largest absolute Gasteiger partial charge is 0.336 e. The molecule has 0 fully saturated rings. The first-order valence-corrected chi connectivity index (χ1v) is 4.65. The van der Waals surface area contributed by atoms with Crippen LogP contribution in [0.1, 0.15) is 17.3 Å². The number of hydrogen-bond donors (Lipinski definition) is 2. The van der Waals surface area contributed by atoms with E-state index in [2.05, 4.69) is 15.4 Å². The van der Waals surface area contributed by atoms with Gasteiger partial charge >= 0.3 is 0 Å². The van der Waals surface area contributed by atoms with Gasteiger partial charge in [-0.25, -0.2) is 10.4 Å². The van der Waals surface area contributed by atoms with Crippen molar-refractivity contribution < 1.29 is 0 Å². The Bertz CT molecular complexity index is 422. The van der Waals surface area contributed by atoms with Gasteiger partial charge in [0.15, 0.2) is 0 Å². The molecule has 1 atom stereocenters. The zero-order valence-electron chi connectivity index (χ0n) is 8.46. The first kappa shape index (κ1) is 9.82. The van der Waals surface area contributed by atoms with Gasteiger partial charge in [0.2, 0.25) is 0 Å². The van der Waals surface area contributed by atoms with E-state index in [0.29, 0.717) is 0 Å². The highest BCUT2D eigenvalue weighted by Gasteiger charge is 2.15. The number of aromatic nitrogens is 3. The molecule has 0 aromatic carbocycles. The van der Waals surface area contributed by atoms with Gasteiger partial charge in [0.1, 0.15) is 0 Å². The molecular weight excluding hydrogens is 190 g/mol. The predicted molar refractivity (Wildman–Crippen MR) is 56.6 cm³/mol. The molecule has 0 aliphatic rings. The number of rotatable bonds is 3. The lowest BCUT2D eigenvalue weighted by Gasteiger charge is -2.16. The average Bonchev–Trinajstić information content (AvgIpc) is 2.68. The zero-order chi connectivity index (χ0) is 10.7. The Balaban J connectivity index is 2.37. The normalized spacial score (nSPS) is 12.7. The monoisotopic (exact) mass is 203 g/mol. The molecule has 0 spiro atoms. The van der Waals surface area contributed by atoms with Gasteiger partial charge in [-0.15, -0.1) is 0 Å². The molecule has 2 heterocycles. The number of pyridine rings is 1. The molecule has 78 valence electrons. The highest BCUT2D eigenvalue weighted by atomic mass is 15.2. The van der Waals surface area contributed by atoms with Crippen LogP contribution in [-0.4, -0.2) is 14.5 Å². The summed E-state index contributed by atoms with van der Waals surface area (Å²) in [7, 11) is 1.93. The van der Waals surface area contributed by atoms with Crippen molar-refractivity contribution >= 4 is 0 Å². The standard InChI is InChI=1S/C10H13N5/c1-15-7-13-6-9(15)10(14-11)8-3-2-4-12-5-8/h2-7,10,14H,11H2,1H3. The van der Waals surface area contributed by atoms with Gasteiger partial charge in [0, 0.05) is 19.4 Å². The van der Waals surface area contributed by atoms with Gasteiger partial charge in [-0.2, -0.15) is 0 Å². The minimum absolute atomic E-state index is 0.0776. The molecule has 2 rings (SSSR count). The first-order chi connectivity index (χ1) is 7.33. The summed E-state index contributed by atoms with van der Waals surface area (Å²) in [6.45, 7) is 0. The maximum absolute atomic E-state index is 5.55. The molecule has 2 aromatic heterocycles. The third kappa shape index (κ3) is 1.88. The molecule has 3 N–H and O–H groups in total. The van der Waals surface area contributed by atoms with E-state index in [9.17, 15) is 0 Å². The van der Waals surface area contributed by atoms with Crippen LogP contribution in [0.2, 0.25) is 0 Å². The summed E-state index contributed by atoms with van der Waals surface area (Å²) in [5, 5.41) is 0. The van der Waals surface area contributed by atoms with E-state index in [1.165, 1.54) is 0 Å². The van der Waals surface area contributed by atoms with Crippen molar-refractivity contribution in [2.45, 2.75) is 6.04 Å². The summed E-state index contributed by atoms with van der Waals surface area (Å²) in [6, 6.07) is 3.78. The van der Waals surface area contributed by atoms with Crippen molar-refractivity contribution in [3.63, 3.8) is 0 Å². The number of imidazole rings is 1. The van der Waals surface area contributed by atoms with Gasteiger partial charge in [0.25, 0.3) is 0 Å². The Morgan fingerprint density at radius 3 is 2.80 bits per heavy atom. The topological polar surface area (TPSA) is 68.8 Å². The van der Waals surface area contributed by atoms with Gasteiger partial charge < -0.3 is 4.57 Å². The molecule has 5 nitrogen and oxygen atoms in total. The number of nitrogens with zero attached hydrogens (tertiary/aromatic N) is 3. The Labute approximate surface area is 87.9 Å². The van der Waals surface area contributed by atoms with Crippen LogP contribution in [0.5, 0.6) is 0 Å². The summed E-state index contributed by atoms with van der Waals surface area (Å²) in [4.78, 5) is 8.13. The quantitative estimate of drug-likeness (QED) is 0.558. The minimum Gasteiger partial charge on any atom is -0.336 e. The molecule has 0 aliphatic heterocycles. The third-order valence-corrected chi connectivity index (χ3v) is 2.33. The molecule has 0 saturated heterocycles. The van der Waals surface area contributed by atoms with Crippen molar-refractivity contribution in [2.75, 3.05) is 0 Å². The molecule has 1 unspecified atom stereocenters. The van der Waals surface area contributed by atoms with Crippen LogP contribution in [0.4, 0.5) is 0 Å². The molecule has 0 saturated carbocycles. The van der Waals surface area contributed by atoms with E-state index >= 15 is 0 Å². The number of nitrogens with two attached hydrogens (primary N) is 1. The Morgan fingerprint density at radius 2 is 2.27 bits per heavy atom. The number of hydrogen-bond acceptors (Lipinski definition) is 4. The Kier molecular flexibility index (Phi) is 2.75. The van der Waals surface area contributed by atoms with Crippen LogP contribution in [0.25, 0.3) is 0 Å². The van der Waals surface area contributed by atoms with Crippen LogP contribution < -0.4 is 11.3 Å². The first-order valence-electron chi connectivity index (χ1n) is 4.65. The lowest BCUT2D eigenvalue weighted by molar-refractivity contribution is 0.595. The van der Waals surface area contributed by atoms with Crippen LogP contribution in [-0.2, 0) is 7.05 Å². The maximum atomic E-state index is 5.55. The Hall–Kier alpha value is -1.72. The Morgan fingerprint density at radius 1 is 1.40 bits per heavy atom. The lowest BCUT2D eigenvalue weighted by Crippen LogP contribution is -2.30. The van der Waals surface area contributed by atoms with Gasteiger partial charge in [0.05, 0.1) is 24.3 Å². The molecule has 0 bridgehead atoms.